The highest BCUT2D eigenvalue weighted by Crippen LogP contribution is 2.55. The van der Waals surface area contributed by atoms with E-state index in [2.05, 4.69) is 6.92 Å². The average Bonchev–Trinajstić information content (AvgIpc) is 3.37. The molecule has 0 saturated carbocycles. The summed E-state index contributed by atoms with van der Waals surface area (Å²) in [5.74, 6) is -1.78. The lowest BCUT2D eigenvalue weighted by atomic mass is 9.95. The molecule has 0 aromatic heterocycles. The zero-order valence-corrected chi connectivity index (χ0v) is 18.4. The Labute approximate surface area is 187 Å². The van der Waals surface area contributed by atoms with Crippen molar-refractivity contribution >= 4 is 17.9 Å². The number of carbonyl (C=O) groups excluding carboxylic acids is 3. The maximum absolute atomic E-state index is 12.6. The summed E-state index contributed by atoms with van der Waals surface area (Å²) >= 11 is 0. The number of unbranched alkanes of at least 4 members (excludes halogenated alkanes) is 4. The number of esters is 3. The first-order valence-electron chi connectivity index (χ1n) is 11.2. The zero-order valence-electron chi connectivity index (χ0n) is 18.4. The molecule has 4 atom stereocenters. The Morgan fingerprint density at radius 3 is 2.50 bits per heavy atom. The molecule has 7 nitrogen and oxygen atoms in total. The highest BCUT2D eigenvalue weighted by Gasteiger charge is 2.54. The van der Waals surface area contributed by atoms with Crippen molar-refractivity contribution in [1.29, 1.82) is 0 Å². The smallest absolute Gasteiger partial charge is 0.338 e. The van der Waals surface area contributed by atoms with E-state index >= 15 is 0 Å². The largest absolute Gasteiger partial charge is 0.458 e. The lowest BCUT2D eigenvalue weighted by molar-refractivity contribution is -0.154. The van der Waals surface area contributed by atoms with Crippen molar-refractivity contribution in [3.63, 3.8) is 0 Å². The molecule has 0 unspecified atom stereocenters. The predicted molar refractivity (Wildman–Crippen MR) is 114 cm³/mol. The molecular formula is C25H28O7. The van der Waals surface area contributed by atoms with Gasteiger partial charge in [-0.2, -0.15) is 0 Å². The second kappa shape index (κ2) is 9.59. The van der Waals surface area contributed by atoms with Crippen LogP contribution in [0, 0.1) is 5.92 Å². The Hall–Kier alpha value is -3.09. The van der Waals surface area contributed by atoms with Gasteiger partial charge in [0.05, 0.1) is 17.8 Å². The highest BCUT2D eigenvalue weighted by molar-refractivity contribution is 5.92. The number of benzene rings is 1. The number of fused-ring (bicyclic) bond motifs is 3. The van der Waals surface area contributed by atoms with Crippen LogP contribution in [-0.2, 0) is 33.3 Å². The van der Waals surface area contributed by atoms with Crippen LogP contribution >= 0.6 is 0 Å². The molecule has 3 aliphatic rings. The fraction of sp³-hybridized carbons (Fsp3) is 0.480. The van der Waals surface area contributed by atoms with Gasteiger partial charge in [-0.15, -0.1) is 0 Å². The Kier molecular flexibility index (Phi) is 6.63. The van der Waals surface area contributed by atoms with Crippen LogP contribution in [0.3, 0.4) is 0 Å². The number of rotatable bonds is 9. The maximum Gasteiger partial charge on any atom is 0.338 e. The lowest BCUT2D eigenvalue weighted by Crippen LogP contribution is -2.19. The normalized spacial score (nSPS) is 26.9. The van der Waals surface area contributed by atoms with Crippen LogP contribution in [0.5, 0.6) is 0 Å². The monoisotopic (exact) mass is 440 g/mol. The molecule has 32 heavy (non-hydrogen) atoms. The summed E-state index contributed by atoms with van der Waals surface area (Å²) in [5, 5.41) is 0. The van der Waals surface area contributed by atoms with Gasteiger partial charge in [-0.25, -0.2) is 9.59 Å². The summed E-state index contributed by atoms with van der Waals surface area (Å²) in [7, 11) is 0. The van der Waals surface area contributed by atoms with Crippen LogP contribution in [0.2, 0.25) is 0 Å². The van der Waals surface area contributed by atoms with Crippen LogP contribution in [0.15, 0.2) is 47.7 Å². The standard InChI is InChI=1S/C25H28O7/c1-3-4-5-6-7-12-19(26)30-22-16-10-8-9-11-17(16)23-21(22)18(25(28)32-23)14-29-20-13-15(2)24(27)31-20/h8-11,13-14,20-23H,3-7,12H2,1-2H3/b18-14+/t20-,21+,22-,23-/m0/s1. The van der Waals surface area contributed by atoms with E-state index < -0.39 is 36.4 Å². The molecule has 170 valence electrons. The van der Waals surface area contributed by atoms with Gasteiger partial charge in [0.2, 0.25) is 0 Å². The molecule has 1 saturated heterocycles. The summed E-state index contributed by atoms with van der Waals surface area (Å²) in [6.45, 7) is 3.78. The molecule has 4 rings (SSSR count). The molecule has 0 N–H and O–H groups in total. The van der Waals surface area contributed by atoms with Crippen LogP contribution in [0.4, 0.5) is 0 Å². The van der Waals surface area contributed by atoms with E-state index in [0.29, 0.717) is 12.0 Å². The SMILES string of the molecule is CCCCCCCC(=O)O[C@H]1c2ccccc2[C@@H]2OC(=O)/C(=C/O[C@@H]3C=C(C)C(=O)O3)[C@H]12. The summed E-state index contributed by atoms with van der Waals surface area (Å²) in [6, 6.07) is 7.52. The Morgan fingerprint density at radius 1 is 1.03 bits per heavy atom. The Morgan fingerprint density at radius 2 is 1.78 bits per heavy atom. The molecule has 0 bridgehead atoms. The first kappa shape index (κ1) is 22.1. The topological polar surface area (TPSA) is 88.1 Å². The van der Waals surface area contributed by atoms with Gasteiger partial charge in [-0.3, -0.25) is 4.79 Å². The van der Waals surface area contributed by atoms with Crippen molar-refractivity contribution < 1.29 is 33.3 Å². The minimum absolute atomic E-state index is 0.265. The lowest BCUT2D eigenvalue weighted by Gasteiger charge is -2.19. The predicted octanol–water partition coefficient (Wildman–Crippen LogP) is 4.59. The van der Waals surface area contributed by atoms with Gasteiger partial charge >= 0.3 is 17.9 Å². The molecule has 1 fully saturated rings. The van der Waals surface area contributed by atoms with Crippen LogP contribution in [0.25, 0.3) is 0 Å². The first-order chi connectivity index (χ1) is 15.5. The van der Waals surface area contributed by atoms with E-state index in [4.69, 9.17) is 18.9 Å². The summed E-state index contributed by atoms with van der Waals surface area (Å²) in [4.78, 5) is 36.7. The molecule has 1 aliphatic carbocycles. The molecule has 0 radical (unpaired) electrons. The third-order valence-electron chi connectivity index (χ3n) is 6.09. The van der Waals surface area contributed by atoms with E-state index in [1.165, 1.54) is 12.3 Å². The van der Waals surface area contributed by atoms with E-state index in [9.17, 15) is 14.4 Å². The minimum Gasteiger partial charge on any atom is -0.458 e. The van der Waals surface area contributed by atoms with Crippen molar-refractivity contribution in [1.82, 2.24) is 0 Å². The molecule has 2 heterocycles. The second-order valence-corrected chi connectivity index (χ2v) is 8.39. The molecule has 2 aliphatic heterocycles. The van der Waals surface area contributed by atoms with Crippen LogP contribution in [-0.4, -0.2) is 24.2 Å². The summed E-state index contributed by atoms with van der Waals surface area (Å²) < 4.78 is 22.1. The molecule has 7 heteroatoms. The van der Waals surface area contributed by atoms with Crippen LogP contribution in [0.1, 0.15) is 75.7 Å². The average molecular weight is 440 g/mol. The van der Waals surface area contributed by atoms with Crippen molar-refractivity contribution in [2.45, 2.75) is 70.9 Å². The zero-order chi connectivity index (χ0) is 22.7. The number of cyclic esters (lactones) is 1. The Balaban J connectivity index is 1.49. The fourth-order valence-electron chi connectivity index (χ4n) is 4.41. The molecule has 0 amide bonds. The van der Waals surface area contributed by atoms with Gasteiger partial charge < -0.3 is 18.9 Å². The summed E-state index contributed by atoms with van der Waals surface area (Å²) in [5.41, 5.74) is 2.38. The van der Waals surface area contributed by atoms with Crippen molar-refractivity contribution in [2.75, 3.05) is 0 Å². The molecular weight excluding hydrogens is 412 g/mol. The van der Waals surface area contributed by atoms with Crippen LogP contribution < -0.4 is 0 Å². The fourth-order valence-corrected chi connectivity index (χ4v) is 4.41. The molecule has 1 aromatic carbocycles. The third-order valence-corrected chi connectivity index (χ3v) is 6.09. The Bertz CT molecular complexity index is 961. The first-order valence-corrected chi connectivity index (χ1v) is 11.2. The highest BCUT2D eigenvalue weighted by atomic mass is 16.7. The van der Waals surface area contributed by atoms with E-state index in [1.54, 1.807) is 6.92 Å². The van der Waals surface area contributed by atoms with Crippen molar-refractivity contribution in [2.24, 2.45) is 5.92 Å². The van der Waals surface area contributed by atoms with E-state index in [-0.39, 0.29) is 11.5 Å². The van der Waals surface area contributed by atoms with E-state index in [0.717, 1.165) is 43.2 Å². The quantitative estimate of drug-likeness (QED) is 0.182. The van der Waals surface area contributed by atoms with Crippen molar-refractivity contribution in [3.05, 3.63) is 58.9 Å². The minimum atomic E-state index is -0.894. The third kappa shape index (κ3) is 4.42. The molecule has 1 aromatic rings. The number of hydrogen-bond acceptors (Lipinski definition) is 7. The van der Waals surface area contributed by atoms with Crippen molar-refractivity contribution in [3.8, 4) is 0 Å². The van der Waals surface area contributed by atoms with Gasteiger partial charge in [-0.1, -0.05) is 56.9 Å². The van der Waals surface area contributed by atoms with Gasteiger partial charge in [0.1, 0.15) is 12.2 Å². The summed E-state index contributed by atoms with van der Waals surface area (Å²) in [6.07, 6.45) is 6.26. The van der Waals surface area contributed by atoms with Gasteiger partial charge in [0.15, 0.2) is 0 Å². The van der Waals surface area contributed by atoms with Gasteiger partial charge in [0.25, 0.3) is 6.29 Å². The number of carbonyl (C=O) groups is 3. The van der Waals surface area contributed by atoms with Gasteiger partial charge in [-0.05, 0) is 13.3 Å². The second-order valence-electron chi connectivity index (χ2n) is 8.39. The number of ether oxygens (including phenoxy) is 4. The van der Waals surface area contributed by atoms with E-state index in [1.807, 2.05) is 24.3 Å². The van der Waals surface area contributed by atoms with Gasteiger partial charge in [0, 0.05) is 29.2 Å². The maximum atomic E-state index is 12.6. The number of hydrogen-bond donors (Lipinski definition) is 0. The molecule has 0 spiro atoms.